The Bertz CT molecular complexity index is 1050. The first kappa shape index (κ1) is 18.9. The van der Waals surface area contributed by atoms with E-state index in [2.05, 4.69) is 65.9 Å². The first-order valence-electron chi connectivity index (χ1n) is 9.20. The molecular weight excluding hydrogens is 336 g/mol. The molecule has 27 heavy (non-hydrogen) atoms. The van der Waals surface area contributed by atoms with Gasteiger partial charge in [-0.25, -0.2) is 9.97 Å². The Hall–Kier alpha value is -2.92. The fourth-order valence-corrected chi connectivity index (χ4v) is 3.55. The molecule has 4 aromatic rings. The summed E-state index contributed by atoms with van der Waals surface area (Å²) in [6.07, 6.45) is 1.89. The lowest BCUT2D eigenvalue weighted by molar-refractivity contribution is 0.579. The lowest BCUT2D eigenvalue weighted by Crippen LogP contribution is -2.09. The fourth-order valence-electron chi connectivity index (χ4n) is 3.55. The molecule has 0 spiro atoms. The molecule has 0 saturated heterocycles. The number of anilines is 1. The molecule has 0 fully saturated rings. The van der Waals surface area contributed by atoms with Crippen molar-refractivity contribution >= 4 is 27.8 Å². The highest BCUT2D eigenvalue weighted by Crippen LogP contribution is 2.29. The molecule has 4 N–H and O–H groups in total. The van der Waals surface area contributed by atoms with Crippen molar-refractivity contribution in [2.75, 3.05) is 5.73 Å². The number of aromatic nitrogens is 3. The van der Waals surface area contributed by atoms with Gasteiger partial charge >= 0.3 is 0 Å². The van der Waals surface area contributed by atoms with Crippen LogP contribution < -0.4 is 5.73 Å². The topological polar surface area (TPSA) is 88.2 Å². The van der Waals surface area contributed by atoms with E-state index in [0.29, 0.717) is 11.7 Å². The van der Waals surface area contributed by atoms with E-state index in [1.54, 1.807) is 0 Å². The standard InChI is InChI=1S/C22H24N4.H2O/c1-15(2)14-19-25-20-21(17-10-6-7-11-18(17)24-22(20)23)26(19)13-12-16-8-4-3-5-9-16;/h3-11,15H,12-14H2,1-2H3,(H2,23,24);1H2. The van der Waals surface area contributed by atoms with Crippen molar-refractivity contribution in [1.82, 2.24) is 14.5 Å². The minimum atomic E-state index is 0. The minimum Gasteiger partial charge on any atom is -0.412 e. The van der Waals surface area contributed by atoms with E-state index in [0.717, 1.165) is 47.1 Å². The second-order valence-electron chi connectivity index (χ2n) is 7.22. The highest BCUT2D eigenvalue weighted by Gasteiger charge is 2.17. The SMILES string of the molecule is CC(C)Cc1nc2c(N)nc3ccccc3c2n1CCc1ccccc1.O. The zero-order valence-electron chi connectivity index (χ0n) is 15.8. The van der Waals surface area contributed by atoms with Crippen LogP contribution in [0.2, 0.25) is 0 Å². The number of aryl methyl sites for hydroxylation is 2. The quantitative estimate of drug-likeness (QED) is 0.586. The predicted molar refractivity (Wildman–Crippen MR) is 112 cm³/mol. The maximum Gasteiger partial charge on any atom is 0.152 e. The number of hydrogen-bond donors (Lipinski definition) is 1. The molecule has 0 amide bonds. The molecule has 0 saturated carbocycles. The fraction of sp³-hybridized carbons (Fsp3) is 0.273. The number of nitrogen functional groups attached to an aromatic ring is 1. The molecule has 0 radical (unpaired) electrons. The number of benzene rings is 2. The van der Waals surface area contributed by atoms with Crippen molar-refractivity contribution in [2.45, 2.75) is 33.2 Å². The van der Waals surface area contributed by atoms with Crippen molar-refractivity contribution in [3.63, 3.8) is 0 Å². The molecule has 0 unspecified atom stereocenters. The van der Waals surface area contributed by atoms with Gasteiger partial charge in [0.15, 0.2) is 5.82 Å². The van der Waals surface area contributed by atoms with Gasteiger partial charge in [0, 0.05) is 18.4 Å². The summed E-state index contributed by atoms with van der Waals surface area (Å²) in [6.45, 7) is 5.33. The number of pyridine rings is 1. The van der Waals surface area contributed by atoms with Crippen LogP contribution in [0.3, 0.4) is 0 Å². The average Bonchev–Trinajstić information content (AvgIpc) is 2.99. The molecule has 0 aliphatic rings. The van der Waals surface area contributed by atoms with Crippen molar-refractivity contribution in [3.05, 3.63) is 66.0 Å². The lowest BCUT2D eigenvalue weighted by Gasteiger charge is -2.12. The van der Waals surface area contributed by atoms with Crippen molar-refractivity contribution in [3.8, 4) is 0 Å². The van der Waals surface area contributed by atoms with Crippen molar-refractivity contribution in [1.29, 1.82) is 0 Å². The van der Waals surface area contributed by atoms with Crippen molar-refractivity contribution < 1.29 is 5.48 Å². The first-order chi connectivity index (χ1) is 12.6. The third-order valence-corrected chi connectivity index (χ3v) is 4.75. The van der Waals surface area contributed by atoms with Crippen LogP contribution >= 0.6 is 0 Å². The Morgan fingerprint density at radius 3 is 2.41 bits per heavy atom. The predicted octanol–water partition coefficient (Wildman–Crippen LogP) is 3.78. The Kier molecular flexibility index (Phi) is 5.42. The zero-order chi connectivity index (χ0) is 18.1. The summed E-state index contributed by atoms with van der Waals surface area (Å²) in [5, 5.41) is 1.12. The van der Waals surface area contributed by atoms with Gasteiger partial charge in [-0.2, -0.15) is 0 Å². The first-order valence-corrected chi connectivity index (χ1v) is 9.20. The maximum absolute atomic E-state index is 6.26. The molecule has 4 rings (SSSR count). The van der Waals surface area contributed by atoms with Gasteiger partial charge in [-0.3, -0.25) is 0 Å². The summed E-state index contributed by atoms with van der Waals surface area (Å²) in [7, 11) is 0. The van der Waals surface area contributed by atoms with E-state index < -0.39 is 0 Å². The molecule has 2 aromatic heterocycles. The van der Waals surface area contributed by atoms with E-state index in [-0.39, 0.29) is 5.48 Å². The van der Waals surface area contributed by atoms with Gasteiger partial charge in [0.25, 0.3) is 0 Å². The van der Waals surface area contributed by atoms with Crippen LogP contribution in [0.1, 0.15) is 25.2 Å². The Balaban J connectivity index is 0.00000210. The van der Waals surface area contributed by atoms with Crippen LogP contribution in [-0.2, 0) is 19.4 Å². The molecule has 140 valence electrons. The molecule has 0 aliphatic heterocycles. The molecule has 0 bridgehead atoms. The van der Waals surface area contributed by atoms with Crippen LogP contribution in [-0.4, -0.2) is 20.0 Å². The van der Waals surface area contributed by atoms with Crippen LogP contribution in [0.25, 0.3) is 21.9 Å². The zero-order valence-corrected chi connectivity index (χ0v) is 15.8. The normalized spacial score (nSPS) is 11.2. The number of nitrogens with zero attached hydrogens (tertiary/aromatic N) is 3. The third kappa shape index (κ3) is 3.64. The smallest absolute Gasteiger partial charge is 0.152 e. The van der Waals surface area contributed by atoms with Gasteiger partial charge in [-0.1, -0.05) is 62.4 Å². The van der Waals surface area contributed by atoms with E-state index in [1.165, 1.54) is 5.56 Å². The number of nitrogens with two attached hydrogens (primary N) is 1. The van der Waals surface area contributed by atoms with Gasteiger partial charge in [0.05, 0.1) is 11.0 Å². The van der Waals surface area contributed by atoms with Gasteiger partial charge in [-0.05, 0) is 24.0 Å². The summed E-state index contributed by atoms with van der Waals surface area (Å²) in [5.74, 6) is 2.14. The second kappa shape index (κ2) is 7.76. The molecule has 5 heteroatoms. The largest absolute Gasteiger partial charge is 0.412 e. The molecular formula is C22H26N4O. The van der Waals surface area contributed by atoms with Gasteiger partial charge < -0.3 is 15.8 Å². The van der Waals surface area contributed by atoms with E-state index in [4.69, 9.17) is 10.7 Å². The number of imidazole rings is 1. The second-order valence-corrected chi connectivity index (χ2v) is 7.22. The van der Waals surface area contributed by atoms with Crippen LogP contribution in [0.4, 0.5) is 5.82 Å². The summed E-state index contributed by atoms with van der Waals surface area (Å²) < 4.78 is 2.35. The summed E-state index contributed by atoms with van der Waals surface area (Å²) in [5.41, 5.74) is 10.4. The highest BCUT2D eigenvalue weighted by atomic mass is 16.0. The van der Waals surface area contributed by atoms with Gasteiger partial charge in [-0.15, -0.1) is 0 Å². The van der Waals surface area contributed by atoms with Gasteiger partial charge in [0.1, 0.15) is 11.3 Å². The molecule has 5 nitrogen and oxygen atoms in total. The lowest BCUT2D eigenvalue weighted by atomic mass is 10.1. The van der Waals surface area contributed by atoms with E-state index >= 15 is 0 Å². The van der Waals surface area contributed by atoms with Crippen LogP contribution in [0, 0.1) is 5.92 Å². The van der Waals surface area contributed by atoms with E-state index in [1.807, 2.05) is 12.1 Å². The summed E-state index contributed by atoms with van der Waals surface area (Å²) >= 11 is 0. The Morgan fingerprint density at radius 1 is 0.963 bits per heavy atom. The molecule has 2 heterocycles. The third-order valence-electron chi connectivity index (χ3n) is 4.75. The van der Waals surface area contributed by atoms with Crippen molar-refractivity contribution in [2.24, 2.45) is 5.92 Å². The summed E-state index contributed by atoms with van der Waals surface area (Å²) in [6, 6.07) is 18.8. The number of rotatable bonds is 5. The Morgan fingerprint density at radius 2 is 1.67 bits per heavy atom. The van der Waals surface area contributed by atoms with E-state index in [9.17, 15) is 0 Å². The Labute approximate surface area is 159 Å². The molecule has 0 atom stereocenters. The number of para-hydroxylation sites is 1. The van der Waals surface area contributed by atoms with Crippen LogP contribution in [0.15, 0.2) is 54.6 Å². The van der Waals surface area contributed by atoms with Crippen LogP contribution in [0.5, 0.6) is 0 Å². The summed E-state index contributed by atoms with van der Waals surface area (Å²) in [4.78, 5) is 9.45. The average molecular weight is 362 g/mol. The highest BCUT2D eigenvalue weighted by molar-refractivity contribution is 6.06. The number of hydrogen-bond acceptors (Lipinski definition) is 3. The number of fused-ring (bicyclic) bond motifs is 3. The molecule has 0 aliphatic carbocycles. The van der Waals surface area contributed by atoms with Gasteiger partial charge in [0.2, 0.25) is 0 Å². The molecule has 2 aromatic carbocycles. The maximum atomic E-state index is 6.26. The monoisotopic (exact) mass is 362 g/mol. The minimum absolute atomic E-state index is 0.